The summed E-state index contributed by atoms with van der Waals surface area (Å²) in [6.45, 7) is 0.587. The predicted octanol–water partition coefficient (Wildman–Crippen LogP) is 4.65. The number of aromatic nitrogens is 2. The number of nitrogens with zero attached hydrogens (tertiary/aromatic N) is 2. The fraction of sp³-hybridized carbons (Fsp3) is 0.0556. The van der Waals surface area contributed by atoms with Gasteiger partial charge in [-0.25, -0.2) is 0 Å². The van der Waals surface area contributed by atoms with Crippen LogP contribution in [0.25, 0.3) is 0 Å². The summed E-state index contributed by atoms with van der Waals surface area (Å²) in [5.41, 5.74) is 2.68. The van der Waals surface area contributed by atoms with Gasteiger partial charge in [-0.1, -0.05) is 29.3 Å². The van der Waals surface area contributed by atoms with E-state index >= 15 is 0 Å². The second-order valence-corrected chi connectivity index (χ2v) is 6.10. The Labute approximate surface area is 155 Å². The van der Waals surface area contributed by atoms with E-state index in [0.717, 1.165) is 11.3 Å². The number of nitrogens with one attached hydrogen (secondary N) is 2. The van der Waals surface area contributed by atoms with Crippen molar-refractivity contribution in [1.82, 2.24) is 9.97 Å². The highest BCUT2D eigenvalue weighted by molar-refractivity contribution is 6.36. The van der Waals surface area contributed by atoms with Crippen LogP contribution < -0.4 is 10.6 Å². The van der Waals surface area contributed by atoms with Gasteiger partial charge in [0.25, 0.3) is 5.91 Å². The SMILES string of the molecule is O=C(Nc1ccc(Cl)cc1Cl)c1cncc(NCc2cccnc2)c1. The average Bonchev–Trinajstić information content (AvgIpc) is 2.63. The second kappa shape index (κ2) is 7.96. The van der Waals surface area contributed by atoms with Crippen LogP contribution in [0.3, 0.4) is 0 Å². The highest BCUT2D eigenvalue weighted by Crippen LogP contribution is 2.26. The molecule has 0 aliphatic rings. The van der Waals surface area contributed by atoms with Gasteiger partial charge in [0.15, 0.2) is 0 Å². The Morgan fingerprint density at radius 2 is 1.92 bits per heavy atom. The van der Waals surface area contributed by atoms with E-state index in [0.29, 0.717) is 27.8 Å². The number of hydrogen-bond acceptors (Lipinski definition) is 4. The molecule has 0 fully saturated rings. The Bertz CT molecular complexity index is 887. The molecule has 1 aromatic carbocycles. The standard InChI is InChI=1S/C18H14Cl2N4O/c19-14-3-4-17(16(20)7-14)24-18(25)13-6-15(11-22-10-13)23-9-12-2-1-5-21-8-12/h1-8,10-11,23H,9H2,(H,24,25). The van der Waals surface area contributed by atoms with Gasteiger partial charge in [0, 0.05) is 36.4 Å². The summed E-state index contributed by atoms with van der Waals surface area (Å²) in [6.07, 6.45) is 6.65. The normalized spacial score (nSPS) is 10.3. The highest BCUT2D eigenvalue weighted by atomic mass is 35.5. The molecule has 0 radical (unpaired) electrons. The van der Waals surface area contributed by atoms with Crippen molar-refractivity contribution in [3.63, 3.8) is 0 Å². The molecular formula is C18H14Cl2N4O. The fourth-order valence-corrected chi connectivity index (χ4v) is 2.61. The molecule has 2 heterocycles. The third-order valence-electron chi connectivity index (χ3n) is 3.40. The first kappa shape index (κ1) is 17.2. The molecule has 7 heteroatoms. The number of carbonyl (C=O) groups excluding carboxylic acids is 1. The minimum atomic E-state index is -0.304. The van der Waals surface area contributed by atoms with Crippen LogP contribution in [0.5, 0.6) is 0 Å². The summed E-state index contributed by atoms with van der Waals surface area (Å²) in [5.74, 6) is -0.304. The first-order valence-corrected chi connectivity index (χ1v) is 8.21. The van der Waals surface area contributed by atoms with E-state index in [1.54, 1.807) is 42.9 Å². The maximum absolute atomic E-state index is 12.4. The summed E-state index contributed by atoms with van der Waals surface area (Å²) in [4.78, 5) is 20.6. The number of benzene rings is 1. The summed E-state index contributed by atoms with van der Waals surface area (Å²) < 4.78 is 0. The molecule has 2 aromatic heterocycles. The van der Waals surface area contributed by atoms with Crippen LogP contribution in [0.4, 0.5) is 11.4 Å². The van der Waals surface area contributed by atoms with Gasteiger partial charge in [0.1, 0.15) is 0 Å². The molecule has 0 atom stereocenters. The van der Waals surface area contributed by atoms with Crippen LogP contribution in [0, 0.1) is 0 Å². The van der Waals surface area contributed by atoms with Gasteiger partial charge in [-0.05, 0) is 35.9 Å². The first-order valence-electron chi connectivity index (χ1n) is 7.46. The van der Waals surface area contributed by atoms with Crippen molar-refractivity contribution in [2.45, 2.75) is 6.54 Å². The number of carbonyl (C=O) groups is 1. The molecular weight excluding hydrogens is 359 g/mol. The van der Waals surface area contributed by atoms with E-state index in [1.807, 2.05) is 12.1 Å². The first-order chi connectivity index (χ1) is 12.1. The zero-order valence-electron chi connectivity index (χ0n) is 13.0. The summed E-state index contributed by atoms with van der Waals surface area (Å²) >= 11 is 11.9. The largest absolute Gasteiger partial charge is 0.380 e. The average molecular weight is 373 g/mol. The Morgan fingerprint density at radius 1 is 1.04 bits per heavy atom. The van der Waals surface area contributed by atoms with Crippen LogP contribution in [0.2, 0.25) is 10.0 Å². The molecule has 25 heavy (non-hydrogen) atoms. The summed E-state index contributed by atoms with van der Waals surface area (Å²) in [6, 6.07) is 10.4. The Balaban J connectivity index is 1.69. The van der Waals surface area contributed by atoms with E-state index in [4.69, 9.17) is 23.2 Å². The van der Waals surface area contributed by atoms with Crippen molar-refractivity contribution >= 4 is 40.5 Å². The minimum Gasteiger partial charge on any atom is -0.380 e. The van der Waals surface area contributed by atoms with Gasteiger partial charge in [-0.2, -0.15) is 0 Å². The van der Waals surface area contributed by atoms with Crippen molar-refractivity contribution in [3.8, 4) is 0 Å². The van der Waals surface area contributed by atoms with Crippen LogP contribution >= 0.6 is 23.2 Å². The van der Waals surface area contributed by atoms with Crippen LogP contribution in [-0.2, 0) is 6.54 Å². The molecule has 5 nitrogen and oxygen atoms in total. The van der Waals surface area contributed by atoms with Gasteiger partial charge in [0.05, 0.1) is 22.0 Å². The van der Waals surface area contributed by atoms with Crippen LogP contribution in [0.1, 0.15) is 15.9 Å². The zero-order valence-corrected chi connectivity index (χ0v) is 14.6. The molecule has 1 amide bonds. The van der Waals surface area contributed by atoms with E-state index < -0.39 is 0 Å². The number of pyridine rings is 2. The smallest absolute Gasteiger partial charge is 0.257 e. The number of halogens is 2. The number of rotatable bonds is 5. The van der Waals surface area contributed by atoms with Crippen molar-refractivity contribution < 1.29 is 4.79 Å². The lowest BCUT2D eigenvalue weighted by molar-refractivity contribution is 0.102. The third kappa shape index (κ3) is 4.68. The molecule has 0 saturated carbocycles. The monoisotopic (exact) mass is 372 g/mol. The molecule has 0 aliphatic carbocycles. The molecule has 3 rings (SSSR count). The molecule has 3 aromatic rings. The lowest BCUT2D eigenvalue weighted by Gasteiger charge is -2.09. The quantitative estimate of drug-likeness (QED) is 0.683. The van der Waals surface area contributed by atoms with Crippen LogP contribution in [0.15, 0.2) is 61.2 Å². The fourth-order valence-electron chi connectivity index (χ4n) is 2.15. The minimum absolute atomic E-state index is 0.304. The summed E-state index contributed by atoms with van der Waals surface area (Å²) in [7, 11) is 0. The third-order valence-corrected chi connectivity index (χ3v) is 3.95. The molecule has 0 saturated heterocycles. The van der Waals surface area contributed by atoms with Crippen molar-refractivity contribution in [2.24, 2.45) is 0 Å². The Hall–Kier alpha value is -2.63. The molecule has 0 bridgehead atoms. The Morgan fingerprint density at radius 3 is 2.68 bits per heavy atom. The van der Waals surface area contributed by atoms with Gasteiger partial charge in [0.2, 0.25) is 0 Å². The molecule has 0 spiro atoms. The van der Waals surface area contributed by atoms with Crippen molar-refractivity contribution in [3.05, 3.63) is 82.4 Å². The number of anilines is 2. The van der Waals surface area contributed by atoms with Crippen molar-refractivity contribution in [2.75, 3.05) is 10.6 Å². The van der Waals surface area contributed by atoms with Gasteiger partial charge in [-0.15, -0.1) is 0 Å². The lowest BCUT2D eigenvalue weighted by Crippen LogP contribution is -2.13. The molecule has 2 N–H and O–H groups in total. The maximum Gasteiger partial charge on any atom is 0.257 e. The van der Waals surface area contributed by atoms with Gasteiger partial charge >= 0.3 is 0 Å². The molecule has 0 unspecified atom stereocenters. The molecule has 126 valence electrons. The Kier molecular flexibility index (Phi) is 5.48. The lowest BCUT2D eigenvalue weighted by atomic mass is 10.2. The van der Waals surface area contributed by atoms with E-state index in [9.17, 15) is 4.79 Å². The van der Waals surface area contributed by atoms with E-state index in [2.05, 4.69) is 20.6 Å². The molecule has 0 aliphatic heterocycles. The topological polar surface area (TPSA) is 66.9 Å². The number of hydrogen-bond donors (Lipinski definition) is 2. The maximum atomic E-state index is 12.4. The second-order valence-electron chi connectivity index (χ2n) is 5.26. The zero-order chi connectivity index (χ0) is 17.6. The highest BCUT2D eigenvalue weighted by Gasteiger charge is 2.10. The van der Waals surface area contributed by atoms with Gasteiger partial charge in [-0.3, -0.25) is 14.8 Å². The summed E-state index contributed by atoms with van der Waals surface area (Å²) in [5, 5.41) is 6.84. The van der Waals surface area contributed by atoms with Crippen molar-refractivity contribution in [1.29, 1.82) is 0 Å². The van der Waals surface area contributed by atoms with Crippen LogP contribution in [-0.4, -0.2) is 15.9 Å². The van der Waals surface area contributed by atoms with E-state index in [-0.39, 0.29) is 5.91 Å². The van der Waals surface area contributed by atoms with E-state index in [1.165, 1.54) is 6.20 Å². The number of amides is 1. The van der Waals surface area contributed by atoms with Gasteiger partial charge < -0.3 is 10.6 Å². The predicted molar refractivity (Wildman–Crippen MR) is 100 cm³/mol.